The number of halogens is 3. The normalized spacial score (nSPS) is 15.4. The maximum absolute atomic E-state index is 12.7. The number of aromatic nitrogens is 4. The van der Waals surface area contributed by atoms with Crippen LogP contribution in [0.3, 0.4) is 0 Å². The van der Waals surface area contributed by atoms with Gasteiger partial charge in [-0.15, -0.1) is 11.7 Å². The van der Waals surface area contributed by atoms with Crippen LogP contribution in [0.2, 0.25) is 0 Å². The van der Waals surface area contributed by atoms with Crippen molar-refractivity contribution in [1.82, 2.24) is 24.9 Å². The van der Waals surface area contributed by atoms with Crippen LogP contribution in [0.1, 0.15) is 29.9 Å². The molecule has 0 aromatic carbocycles. The Labute approximate surface area is 182 Å². The standard InChI is InChI=1S/C18H23N5O2.C2HF3O2/c1-3-9-25-13-14-11-22(12-16-18(14)23(4-2)21-20-16)17(24)10-15-7-5-6-8-19-15;3-2(4,5)1(6)7/h3,5-8,14H,1,4,9-13H2,2H3;(H,6,7). The summed E-state index contributed by atoms with van der Waals surface area (Å²) in [6, 6.07) is 5.60. The van der Waals surface area contributed by atoms with E-state index in [4.69, 9.17) is 14.6 Å². The van der Waals surface area contributed by atoms with Crippen LogP contribution in [0.4, 0.5) is 13.2 Å². The highest BCUT2D eigenvalue weighted by atomic mass is 19.4. The first-order valence-electron chi connectivity index (χ1n) is 9.76. The molecule has 0 radical (unpaired) electrons. The fourth-order valence-corrected chi connectivity index (χ4v) is 3.13. The summed E-state index contributed by atoms with van der Waals surface area (Å²) in [4.78, 5) is 27.7. The number of pyridine rings is 1. The molecule has 1 atom stereocenters. The molecule has 9 nitrogen and oxygen atoms in total. The number of amides is 1. The molecule has 174 valence electrons. The van der Waals surface area contributed by atoms with Gasteiger partial charge in [-0.3, -0.25) is 9.78 Å². The van der Waals surface area contributed by atoms with Gasteiger partial charge in [0.15, 0.2) is 0 Å². The number of rotatable bonds is 7. The van der Waals surface area contributed by atoms with Gasteiger partial charge in [0.25, 0.3) is 0 Å². The monoisotopic (exact) mass is 455 g/mol. The molecule has 0 aliphatic carbocycles. The lowest BCUT2D eigenvalue weighted by molar-refractivity contribution is -0.192. The van der Waals surface area contributed by atoms with Crippen molar-refractivity contribution in [2.24, 2.45) is 0 Å². The van der Waals surface area contributed by atoms with Crippen LogP contribution in [0.25, 0.3) is 0 Å². The molecule has 1 N–H and O–H groups in total. The van der Waals surface area contributed by atoms with Crippen LogP contribution >= 0.6 is 0 Å². The molecule has 2 aromatic rings. The zero-order valence-electron chi connectivity index (χ0n) is 17.5. The van der Waals surface area contributed by atoms with Crippen LogP contribution < -0.4 is 0 Å². The van der Waals surface area contributed by atoms with Crippen LogP contribution in [0.15, 0.2) is 37.1 Å². The highest BCUT2D eigenvalue weighted by Gasteiger charge is 2.38. The molecule has 0 bridgehead atoms. The second-order valence-electron chi connectivity index (χ2n) is 6.84. The van der Waals surface area contributed by atoms with Crippen molar-refractivity contribution in [3.63, 3.8) is 0 Å². The van der Waals surface area contributed by atoms with Gasteiger partial charge in [0.1, 0.15) is 5.69 Å². The SMILES string of the molecule is C=CCOCC1CN(C(=O)Cc2ccccn2)Cc2nnn(CC)c21.O=C(O)C(F)(F)F. The molecule has 2 aromatic heterocycles. The number of carbonyl (C=O) groups excluding carboxylic acids is 1. The Kier molecular flexibility index (Phi) is 8.88. The second-order valence-corrected chi connectivity index (χ2v) is 6.84. The quantitative estimate of drug-likeness (QED) is 0.503. The van der Waals surface area contributed by atoms with Gasteiger partial charge in [0.05, 0.1) is 31.9 Å². The summed E-state index contributed by atoms with van der Waals surface area (Å²) in [5.74, 6) is -2.65. The summed E-state index contributed by atoms with van der Waals surface area (Å²) >= 11 is 0. The Morgan fingerprint density at radius 1 is 1.38 bits per heavy atom. The maximum atomic E-state index is 12.7. The molecule has 3 rings (SSSR count). The van der Waals surface area contributed by atoms with E-state index in [1.54, 1.807) is 12.3 Å². The van der Waals surface area contributed by atoms with Crippen LogP contribution in [0, 0.1) is 0 Å². The molecule has 0 fully saturated rings. The average molecular weight is 455 g/mol. The first kappa shape index (κ1) is 25.0. The first-order valence-corrected chi connectivity index (χ1v) is 9.76. The number of carbonyl (C=O) groups is 2. The minimum absolute atomic E-state index is 0.0455. The number of aryl methyl sites for hydroxylation is 1. The number of carboxylic acids is 1. The third-order valence-electron chi connectivity index (χ3n) is 4.52. The minimum atomic E-state index is -5.08. The second kappa shape index (κ2) is 11.4. The Morgan fingerprint density at radius 2 is 2.09 bits per heavy atom. The first-order chi connectivity index (χ1) is 15.2. The van der Waals surface area contributed by atoms with E-state index in [2.05, 4.69) is 21.9 Å². The van der Waals surface area contributed by atoms with E-state index in [1.807, 2.05) is 34.7 Å². The fraction of sp³-hybridized carbons (Fsp3) is 0.450. The molecule has 12 heteroatoms. The lowest BCUT2D eigenvalue weighted by atomic mass is 9.98. The van der Waals surface area contributed by atoms with E-state index in [0.29, 0.717) is 32.7 Å². The predicted molar refractivity (Wildman–Crippen MR) is 107 cm³/mol. The summed E-state index contributed by atoms with van der Waals surface area (Å²) in [5.41, 5.74) is 2.71. The summed E-state index contributed by atoms with van der Waals surface area (Å²) in [5, 5.41) is 15.6. The largest absolute Gasteiger partial charge is 0.490 e. The van der Waals surface area contributed by atoms with Crippen molar-refractivity contribution < 1.29 is 32.6 Å². The average Bonchev–Trinajstić information content (AvgIpc) is 3.17. The number of nitrogens with zero attached hydrogens (tertiary/aromatic N) is 5. The third kappa shape index (κ3) is 6.87. The fourth-order valence-electron chi connectivity index (χ4n) is 3.13. The van der Waals surface area contributed by atoms with Gasteiger partial charge >= 0.3 is 12.1 Å². The van der Waals surface area contributed by atoms with Gasteiger partial charge in [-0.25, -0.2) is 9.48 Å². The predicted octanol–water partition coefficient (Wildman–Crippen LogP) is 2.20. The van der Waals surface area contributed by atoms with E-state index in [9.17, 15) is 18.0 Å². The zero-order chi connectivity index (χ0) is 23.7. The molecule has 1 amide bonds. The number of ether oxygens (including phenoxy) is 1. The summed E-state index contributed by atoms with van der Waals surface area (Å²) in [6.45, 7) is 8.55. The lowest BCUT2D eigenvalue weighted by Crippen LogP contribution is -2.41. The van der Waals surface area contributed by atoms with Crippen molar-refractivity contribution in [2.75, 3.05) is 19.8 Å². The van der Waals surface area contributed by atoms with Gasteiger partial charge in [-0.1, -0.05) is 17.4 Å². The van der Waals surface area contributed by atoms with Crippen LogP contribution in [0.5, 0.6) is 0 Å². The summed E-state index contributed by atoms with van der Waals surface area (Å²) in [7, 11) is 0. The number of hydrogen-bond donors (Lipinski definition) is 1. The molecule has 1 aliphatic rings. The van der Waals surface area contributed by atoms with Gasteiger partial charge < -0.3 is 14.7 Å². The smallest absolute Gasteiger partial charge is 0.475 e. The summed E-state index contributed by atoms with van der Waals surface area (Å²) < 4.78 is 39.3. The minimum Gasteiger partial charge on any atom is -0.475 e. The molecule has 1 aliphatic heterocycles. The molecule has 0 saturated heterocycles. The van der Waals surface area contributed by atoms with Gasteiger partial charge in [0, 0.05) is 30.9 Å². The van der Waals surface area contributed by atoms with Crippen molar-refractivity contribution in [3.8, 4) is 0 Å². The van der Waals surface area contributed by atoms with Gasteiger partial charge in [-0.2, -0.15) is 13.2 Å². The number of carboxylic acid groups (broad SMARTS) is 1. The molecular weight excluding hydrogens is 431 g/mol. The molecule has 0 saturated carbocycles. The number of fused-ring (bicyclic) bond motifs is 1. The number of alkyl halides is 3. The van der Waals surface area contributed by atoms with E-state index in [-0.39, 0.29) is 11.8 Å². The Balaban J connectivity index is 0.000000451. The highest BCUT2D eigenvalue weighted by molar-refractivity contribution is 5.78. The van der Waals surface area contributed by atoms with E-state index in [1.165, 1.54) is 0 Å². The number of hydrogen-bond acceptors (Lipinski definition) is 6. The van der Waals surface area contributed by atoms with Crippen molar-refractivity contribution in [2.45, 2.75) is 38.5 Å². The molecule has 1 unspecified atom stereocenters. The Bertz CT molecular complexity index is 918. The third-order valence-corrected chi connectivity index (χ3v) is 4.52. The molecule has 0 spiro atoms. The number of aliphatic carboxylic acids is 1. The van der Waals surface area contributed by atoms with E-state index < -0.39 is 12.1 Å². The molecule has 3 heterocycles. The topological polar surface area (TPSA) is 110 Å². The van der Waals surface area contributed by atoms with Crippen LogP contribution in [-0.2, 0) is 33.8 Å². The lowest BCUT2D eigenvalue weighted by Gasteiger charge is -2.32. The van der Waals surface area contributed by atoms with Crippen molar-refractivity contribution in [1.29, 1.82) is 0 Å². The maximum Gasteiger partial charge on any atom is 0.490 e. The van der Waals surface area contributed by atoms with Crippen LogP contribution in [-0.4, -0.2) is 67.8 Å². The Hall–Kier alpha value is -3.28. The zero-order valence-corrected chi connectivity index (χ0v) is 17.5. The van der Waals surface area contributed by atoms with Gasteiger partial charge in [-0.05, 0) is 19.1 Å². The Morgan fingerprint density at radius 3 is 2.66 bits per heavy atom. The summed E-state index contributed by atoms with van der Waals surface area (Å²) in [6.07, 6.45) is -1.36. The molecular formula is C20H24F3N5O4. The van der Waals surface area contributed by atoms with E-state index >= 15 is 0 Å². The van der Waals surface area contributed by atoms with Crippen molar-refractivity contribution >= 4 is 11.9 Å². The molecule has 32 heavy (non-hydrogen) atoms. The van der Waals surface area contributed by atoms with E-state index in [0.717, 1.165) is 23.6 Å². The highest BCUT2D eigenvalue weighted by Crippen LogP contribution is 2.27. The van der Waals surface area contributed by atoms with Gasteiger partial charge in [0.2, 0.25) is 5.91 Å². The van der Waals surface area contributed by atoms with Crippen molar-refractivity contribution in [3.05, 3.63) is 54.1 Å².